The standard InChI is InChI=1S/C19H24N2O2/c1-14-10-11-18(23-4)17(12-14)20-19(22)13-21(3)15(2)16-8-6-5-7-9-16/h5-12,15H,13H2,1-4H3,(H,20,22)/t15-/m1/s1. The molecule has 0 saturated carbocycles. The summed E-state index contributed by atoms with van der Waals surface area (Å²) in [4.78, 5) is 14.4. The van der Waals surface area contributed by atoms with E-state index in [1.165, 1.54) is 5.56 Å². The van der Waals surface area contributed by atoms with Crippen LogP contribution >= 0.6 is 0 Å². The van der Waals surface area contributed by atoms with Gasteiger partial charge in [0.2, 0.25) is 5.91 Å². The first kappa shape index (κ1) is 17.0. The van der Waals surface area contributed by atoms with Crippen LogP contribution in [0.15, 0.2) is 48.5 Å². The lowest BCUT2D eigenvalue weighted by Crippen LogP contribution is -2.32. The van der Waals surface area contributed by atoms with E-state index in [2.05, 4.69) is 24.4 Å². The van der Waals surface area contributed by atoms with Gasteiger partial charge in [-0.05, 0) is 44.2 Å². The maximum atomic E-state index is 12.3. The summed E-state index contributed by atoms with van der Waals surface area (Å²) in [6.07, 6.45) is 0. The fourth-order valence-electron chi connectivity index (χ4n) is 2.46. The maximum Gasteiger partial charge on any atom is 0.238 e. The summed E-state index contributed by atoms with van der Waals surface area (Å²) in [5.74, 6) is 0.613. The van der Waals surface area contributed by atoms with E-state index in [4.69, 9.17) is 4.74 Å². The first-order chi connectivity index (χ1) is 11.0. The Morgan fingerprint density at radius 2 is 1.91 bits per heavy atom. The van der Waals surface area contributed by atoms with Crippen molar-refractivity contribution in [2.45, 2.75) is 19.9 Å². The van der Waals surface area contributed by atoms with Crippen LogP contribution in [0.1, 0.15) is 24.1 Å². The molecule has 1 N–H and O–H groups in total. The van der Waals surface area contributed by atoms with Crippen molar-refractivity contribution in [1.82, 2.24) is 4.90 Å². The maximum absolute atomic E-state index is 12.3. The van der Waals surface area contributed by atoms with Crippen molar-refractivity contribution >= 4 is 11.6 Å². The van der Waals surface area contributed by atoms with E-state index in [0.717, 1.165) is 5.56 Å². The lowest BCUT2D eigenvalue weighted by Gasteiger charge is -2.24. The van der Waals surface area contributed by atoms with E-state index in [0.29, 0.717) is 18.0 Å². The minimum absolute atomic E-state index is 0.0563. The Hall–Kier alpha value is -2.33. The predicted molar refractivity (Wildman–Crippen MR) is 93.8 cm³/mol. The number of aryl methyl sites for hydroxylation is 1. The molecule has 0 heterocycles. The van der Waals surface area contributed by atoms with Crippen molar-refractivity contribution in [1.29, 1.82) is 0 Å². The summed E-state index contributed by atoms with van der Waals surface area (Å²) in [5.41, 5.74) is 2.97. The van der Waals surface area contributed by atoms with Gasteiger partial charge in [0.05, 0.1) is 19.3 Å². The molecule has 2 aromatic carbocycles. The molecule has 122 valence electrons. The molecule has 2 aromatic rings. The second-order valence-corrected chi connectivity index (χ2v) is 5.75. The highest BCUT2D eigenvalue weighted by Crippen LogP contribution is 2.25. The third-order valence-corrected chi connectivity index (χ3v) is 3.97. The molecule has 0 spiro atoms. The molecule has 0 radical (unpaired) electrons. The normalized spacial score (nSPS) is 12.0. The van der Waals surface area contributed by atoms with Crippen molar-refractivity contribution in [3.05, 3.63) is 59.7 Å². The van der Waals surface area contributed by atoms with Gasteiger partial charge in [0.15, 0.2) is 0 Å². The van der Waals surface area contributed by atoms with Crippen LogP contribution in [0, 0.1) is 6.92 Å². The second kappa shape index (κ2) is 7.79. The fourth-order valence-corrected chi connectivity index (χ4v) is 2.46. The second-order valence-electron chi connectivity index (χ2n) is 5.75. The Kier molecular flexibility index (Phi) is 5.77. The Balaban J connectivity index is 2.01. The molecule has 0 aromatic heterocycles. The number of ether oxygens (including phenoxy) is 1. The van der Waals surface area contributed by atoms with E-state index in [-0.39, 0.29) is 11.9 Å². The fraction of sp³-hybridized carbons (Fsp3) is 0.316. The number of nitrogens with zero attached hydrogens (tertiary/aromatic N) is 1. The minimum atomic E-state index is -0.0563. The number of hydrogen-bond donors (Lipinski definition) is 1. The zero-order valence-electron chi connectivity index (χ0n) is 14.2. The zero-order valence-corrected chi connectivity index (χ0v) is 14.2. The van der Waals surface area contributed by atoms with Crippen LogP contribution in [0.2, 0.25) is 0 Å². The number of nitrogens with one attached hydrogen (secondary N) is 1. The quantitative estimate of drug-likeness (QED) is 0.885. The molecule has 0 fully saturated rings. The number of amides is 1. The summed E-state index contributed by atoms with van der Waals surface area (Å²) in [5, 5.41) is 2.93. The molecule has 1 atom stereocenters. The van der Waals surface area contributed by atoms with Crippen LogP contribution in [-0.4, -0.2) is 31.5 Å². The summed E-state index contributed by atoms with van der Waals surface area (Å²) in [7, 11) is 3.55. The van der Waals surface area contributed by atoms with Gasteiger partial charge in [-0.2, -0.15) is 0 Å². The molecular formula is C19H24N2O2. The summed E-state index contributed by atoms with van der Waals surface area (Å²) in [6, 6.07) is 16.1. The number of hydrogen-bond acceptors (Lipinski definition) is 3. The van der Waals surface area contributed by atoms with Gasteiger partial charge in [-0.15, -0.1) is 0 Å². The molecule has 23 heavy (non-hydrogen) atoms. The average molecular weight is 312 g/mol. The zero-order chi connectivity index (χ0) is 16.8. The first-order valence-electron chi connectivity index (χ1n) is 7.71. The molecule has 2 rings (SSSR count). The smallest absolute Gasteiger partial charge is 0.238 e. The van der Waals surface area contributed by atoms with Gasteiger partial charge >= 0.3 is 0 Å². The Morgan fingerprint density at radius 1 is 1.22 bits per heavy atom. The predicted octanol–water partition coefficient (Wildman–Crippen LogP) is 3.64. The van der Waals surface area contributed by atoms with Crippen molar-refractivity contribution in [2.24, 2.45) is 0 Å². The summed E-state index contributed by atoms with van der Waals surface area (Å²) < 4.78 is 5.29. The van der Waals surface area contributed by atoms with Crippen molar-refractivity contribution in [3.8, 4) is 5.75 Å². The van der Waals surface area contributed by atoms with Crippen LogP contribution in [-0.2, 0) is 4.79 Å². The third kappa shape index (κ3) is 4.57. The number of likely N-dealkylation sites (N-methyl/N-ethyl adjacent to an activating group) is 1. The van der Waals surface area contributed by atoms with Gasteiger partial charge in [-0.3, -0.25) is 9.69 Å². The lowest BCUT2D eigenvalue weighted by molar-refractivity contribution is -0.117. The van der Waals surface area contributed by atoms with Crippen LogP contribution in [0.4, 0.5) is 5.69 Å². The number of anilines is 1. The topological polar surface area (TPSA) is 41.6 Å². The summed E-state index contributed by atoms with van der Waals surface area (Å²) in [6.45, 7) is 4.39. The SMILES string of the molecule is COc1ccc(C)cc1NC(=O)CN(C)[C@H](C)c1ccccc1. The highest BCUT2D eigenvalue weighted by molar-refractivity contribution is 5.93. The Labute approximate surface area is 138 Å². The molecule has 0 bridgehead atoms. The van der Waals surface area contributed by atoms with E-state index in [1.807, 2.05) is 55.3 Å². The lowest BCUT2D eigenvalue weighted by atomic mass is 10.1. The summed E-state index contributed by atoms with van der Waals surface area (Å²) >= 11 is 0. The van der Waals surface area contributed by atoms with Gasteiger partial charge in [-0.25, -0.2) is 0 Å². The van der Waals surface area contributed by atoms with Gasteiger partial charge in [0.25, 0.3) is 0 Å². The molecule has 0 aliphatic rings. The molecular weight excluding hydrogens is 288 g/mol. The monoisotopic (exact) mass is 312 g/mol. The van der Waals surface area contributed by atoms with Crippen molar-refractivity contribution in [3.63, 3.8) is 0 Å². The number of methoxy groups -OCH3 is 1. The van der Waals surface area contributed by atoms with Crippen LogP contribution in [0.3, 0.4) is 0 Å². The van der Waals surface area contributed by atoms with E-state index in [9.17, 15) is 4.79 Å². The third-order valence-electron chi connectivity index (χ3n) is 3.97. The van der Waals surface area contributed by atoms with Gasteiger partial charge in [0, 0.05) is 6.04 Å². The molecule has 0 aliphatic carbocycles. The number of carbonyl (C=O) groups excluding carboxylic acids is 1. The van der Waals surface area contributed by atoms with Crippen LogP contribution in [0.5, 0.6) is 5.75 Å². The first-order valence-corrected chi connectivity index (χ1v) is 7.71. The van der Waals surface area contributed by atoms with Crippen molar-refractivity contribution < 1.29 is 9.53 Å². The molecule has 0 aliphatic heterocycles. The largest absolute Gasteiger partial charge is 0.495 e. The minimum Gasteiger partial charge on any atom is -0.495 e. The number of benzene rings is 2. The number of rotatable bonds is 6. The highest BCUT2D eigenvalue weighted by Gasteiger charge is 2.15. The Morgan fingerprint density at radius 3 is 2.57 bits per heavy atom. The van der Waals surface area contributed by atoms with Crippen LogP contribution in [0.25, 0.3) is 0 Å². The average Bonchev–Trinajstić information content (AvgIpc) is 2.55. The van der Waals surface area contributed by atoms with E-state index in [1.54, 1.807) is 7.11 Å². The molecule has 1 amide bonds. The van der Waals surface area contributed by atoms with Gasteiger partial charge in [0.1, 0.15) is 5.75 Å². The van der Waals surface area contributed by atoms with E-state index < -0.39 is 0 Å². The Bertz CT molecular complexity index is 656. The van der Waals surface area contributed by atoms with Gasteiger partial charge in [-0.1, -0.05) is 36.4 Å². The van der Waals surface area contributed by atoms with E-state index >= 15 is 0 Å². The van der Waals surface area contributed by atoms with Crippen LogP contribution < -0.4 is 10.1 Å². The van der Waals surface area contributed by atoms with Crippen molar-refractivity contribution in [2.75, 3.05) is 26.0 Å². The molecule has 0 unspecified atom stereocenters. The molecule has 4 heteroatoms. The van der Waals surface area contributed by atoms with Gasteiger partial charge < -0.3 is 10.1 Å². The highest BCUT2D eigenvalue weighted by atomic mass is 16.5. The number of carbonyl (C=O) groups is 1. The molecule has 4 nitrogen and oxygen atoms in total. The molecule has 0 saturated heterocycles.